The highest BCUT2D eigenvalue weighted by atomic mass is 32.2. The number of carboxylic acids is 1. The van der Waals surface area contributed by atoms with E-state index in [-0.39, 0.29) is 23.8 Å². The second-order valence-electron chi connectivity index (χ2n) is 3.45. The summed E-state index contributed by atoms with van der Waals surface area (Å²) in [5, 5.41) is 8.50. The molecule has 1 aliphatic heterocycles. The zero-order valence-corrected chi connectivity index (χ0v) is 7.96. The normalized spacial score (nSPS) is 28.5. The van der Waals surface area contributed by atoms with Gasteiger partial charge in [-0.3, -0.25) is 4.79 Å². The summed E-state index contributed by atoms with van der Waals surface area (Å²) in [6.45, 7) is 0. The number of sulfone groups is 1. The number of hydrogen-bond donors (Lipinski definition) is 2. The van der Waals surface area contributed by atoms with Gasteiger partial charge in [0, 0.05) is 0 Å². The molecule has 0 aromatic heterocycles. The Morgan fingerprint density at radius 2 is 2.23 bits per heavy atom. The first-order valence-corrected chi connectivity index (χ1v) is 5.91. The van der Waals surface area contributed by atoms with Crippen LogP contribution in [0.3, 0.4) is 0 Å². The minimum Gasteiger partial charge on any atom is -0.480 e. The molecule has 1 saturated heterocycles. The maximum absolute atomic E-state index is 11.0. The van der Waals surface area contributed by atoms with Crippen LogP contribution in [0.2, 0.25) is 0 Å². The third-order valence-corrected chi connectivity index (χ3v) is 4.07. The van der Waals surface area contributed by atoms with E-state index in [0.717, 1.165) is 0 Å². The molecule has 5 nitrogen and oxygen atoms in total. The highest BCUT2D eigenvalue weighted by molar-refractivity contribution is 7.91. The summed E-state index contributed by atoms with van der Waals surface area (Å²) in [6, 6.07) is -0.932. The van der Waals surface area contributed by atoms with Crippen LogP contribution in [-0.4, -0.2) is 37.0 Å². The smallest absolute Gasteiger partial charge is 0.320 e. The molecule has 0 aromatic rings. The molecule has 2 atom stereocenters. The first-order valence-electron chi connectivity index (χ1n) is 4.09. The molecule has 0 aromatic carbocycles. The predicted molar refractivity (Wildman–Crippen MR) is 47.0 cm³/mol. The molecular weight excluding hydrogens is 194 g/mol. The average Bonchev–Trinajstić information content (AvgIpc) is 2.30. The Kier molecular flexibility index (Phi) is 2.92. The largest absolute Gasteiger partial charge is 0.480 e. The zero-order valence-electron chi connectivity index (χ0n) is 7.14. The van der Waals surface area contributed by atoms with Gasteiger partial charge in [0.05, 0.1) is 11.5 Å². The lowest BCUT2D eigenvalue weighted by atomic mass is 10.0. The van der Waals surface area contributed by atoms with Crippen LogP contribution >= 0.6 is 0 Å². The van der Waals surface area contributed by atoms with E-state index in [1.807, 2.05) is 0 Å². The van der Waals surface area contributed by atoms with Crippen molar-refractivity contribution < 1.29 is 18.3 Å². The molecule has 6 heteroatoms. The van der Waals surface area contributed by atoms with E-state index in [1.165, 1.54) is 0 Å². The van der Waals surface area contributed by atoms with Crippen LogP contribution in [0.15, 0.2) is 0 Å². The Hall–Kier alpha value is -0.620. The highest BCUT2D eigenvalue weighted by Crippen LogP contribution is 2.22. The molecule has 2 unspecified atom stereocenters. The van der Waals surface area contributed by atoms with E-state index in [1.54, 1.807) is 0 Å². The summed E-state index contributed by atoms with van der Waals surface area (Å²) in [5.41, 5.74) is 5.29. The first-order chi connectivity index (χ1) is 5.91. The Labute approximate surface area is 76.8 Å². The van der Waals surface area contributed by atoms with Gasteiger partial charge < -0.3 is 10.8 Å². The molecular formula is C7H13NO4S. The quantitative estimate of drug-likeness (QED) is 0.633. The number of carbonyl (C=O) groups is 1. The van der Waals surface area contributed by atoms with Crippen molar-refractivity contribution in [3.8, 4) is 0 Å². The van der Waals surface area contributed by atoms with Crippen LogP contribution in [0.25, 0.3) is 0 Å². The lowest BCUT2D eigenvalue weighted by Crippen LogP contribution is -2.32. The van der Waals surface area contributed by atoms with Crippen LogP contribution in [-0.2, 0) is 14.6 Å². The van der Waals surface area contributed by atoms with Crippen molar-refractivity contribution in [2.75, 3.05) is 11.5 Å². The van der Waals surface area contributed by atoms with Gasteiger partial charge >= 0.3 is 5.97 Å². The Morgan fingerprint density at radius 1 is 1.62 bits per heavy atom. The van der Waals surface area contributed by atoms with Crippen LogP contribution in [0.4, 0.5) is 0 Å². The lowest BCUT2D eigenvalue weighted by Gasteiger charge is -2.10. The van der Waals surface area contributed by atoms with Crippen molar-refractivity contribution >= 4 is 15.8 Å². The van der Waals surface area contributed by atoms with Crippen LogP contribution in [0, 0.1) is 5.92 Å². The monoisotopic (exact) mass is 207 g/mol. The third-order valence-electron chi connectivity index (χ3n) is 2.23. The molecule has 1 rings (SSSR count). The van der Waals surface area contributed by atoms with Gasteiger partial charge in [-0.2, -0.15) is 0 Å². The number of hydrogen-bond acceptors (Lipinski definition) is 4. The standard InChI is InChI=1S/C7H13NO4S/c8-6(7(9)10)3-5-1-2-13(11,12)4-5/h5-6H,1-4,8H2,(H,9,10). The minimum absolute atomic E-state index is 0.0731. The Balaban J connectivity index is 2.45. The molecule has 0 bridgehead atoms. The van der Waals surface area contributed by atoms with Crippen molar-refractivity contribution in [3.63, 3.8) is 0 Å². The predicted octanol–water partition coefficient (Wildman–Crippen LogP) is -0.777. The van der Waals surface area contributed by atoms with E-state index < -0.39 is 21.8 Å². The summed E-state index contributed by atoms with van der Waals surface area (Å²) in [4.78, 5) is 10.4. The van der Waals surface area contributed by atoms with E-state index in [9.17, 15) is 13.2 Å². The first kappa shape index (κ1) is 10.5. The van der Waals surface area contributed by atoms with Crippen LogP contribution in [0.5, 0.6) is 0 Å². The van der Waals surface area contributed by atoms with Gasteiger partial charge in [0.25, 0.3) is 0 Å². The number of carboxylic acid groups (broad SMARTS) is 1. The molecule has 0 aliphatic carbocycles. The molecule has 13 heavy (non-hydrogen) atoms. The van der Waals surface area contributed by atoms with Gasteiger partial charge in [-0.15, -0.1) is 0 Å². The zero-order chi connectivity index (χ0) is 10.1. The molecule has 1 heterocycles. The third kappa shape index (κ3) is 2.96. The summed E-state index contributed by atoms with van der Waals surface area (Å²) in [6.07, 6.45) is 0.803. The molecule has 0 amide bonds. The molecule has 1 fully saturated rings. The van der Waals surface area contributed by atoms with Gasteiger partial charge in [-0.1, -0.05) is 0 Å². The number of aliphatic carboxylic acids is 1. The minimum atomic E-state index is -2.92. The summed E-state index contributed by atoms with van der Waals surface area (Å²) >= 11 is 0. The van der Waals surface area contributed by atoms with Gasteiger partial charge in [-0.05, 0) is 18.8 Å². The topological polar surface area (TPSA) is 97.5 Å². The molecule has 1 aliphatic rings. The summed E-state index contributed by atoms with van der Waals surface area (Å²) in [7, 11) is -2.92. The highest BCUT2D eigenvalue weighted by Gasteiger charge is 2.30. The fourth-order valence-corrected chi connectivity index (χ4v) is 3.40. The maximum atomic E-state index is 11.0. The van der Waals surface area contributed by atoms with Crippen molar-refractivity contribution in [1.82, 2.24) is 0 Å². The van der Waals surface area contributed by atoms with Crippen molar-refractivity contribution in [1.29, 1.82) is 0 Å². The second-order valence-corrected chi connectivity index (χ2v) is 5.68. The fourth-order valence-electron chi connectivity index (χ4n) is 1.52. The Bertz CT molecular complexity index is 298. The molecule has 0 spiro atoms. The average molecular weight is 207 g/mol. The molecule has 0 saturated carbocycles. The molecule has 76 valence electrons. The van der Waals surface area contributed by atoms with Crippen molar-refractivity contribution in [2.45, 2.75) is 18.9 Å². The molecule has 3 N–H and O–H groups in total. The van der Waals surface area contributed by atoms with Crippen LogP contribution < -0.4 is 5.73 Å². The van der Waals surface area contributed by atoms with Gasteiger partial charge in [-0.25, -0.2) is 8.42 Å². The Morgan fingerprint density at radius 3 is 2.62 bits per heavy atom. The summed E-state index contributed by atoms with van der Waals surface area (Å²) in [5.74, 6) is -0.877. The van der Waals surface area contributed by atoms with Gasteiger partial charge in [0.15, 0.2) is 9.84 Å². The fraction of sp³-hybridized carbons (Fsp3) is 0.857. The van der Waals surface area contributed by atoms with Crippen molar-refractivity contribution in [2.24, 2.45) is 11.7 Å². The molecule has 0 radical (unpaired) electrons. The maximum Gasteiger partial charge on any atom is 0.320 e. The van der Waals surface area contributed by atoms with E-state index >= 15 is 0 Å². The van der Waals surface area contributed by atoms with Gasteiger partial charge in [0.2, 0.25) is 0 Å². The van der Waals surface area contributed by atoms with E-state index in [2.05, 4.69) is 0 Å². The van der Waals surface area contributed by atoms with E-state index in [4.69, 9.17) is 10.8 Å². The lowest BCUT2D eigenvalue weighted by molar-refractivity contribution is -0.138. The summed E-state index contributed by atoms with van der Waals surface area (Å²) < 4.78 is 22.0. The van der Waals surface area contributed by atoms with Crippen LogP contribution in [0.1, 0.15) is 12.8 Å². The van der Waals surface area contributed by atoms with Gasteiger partial charge in [0.1, 0.15) is 6.04 Å². The number of rotatable bonds is 3. The SMILES string of the molecule is NC(CC1CCS(=O)(=O)C1)C(=O)O. The number of nitrogens with two attached hydrogens (primary N) is 1. The van der Waals surface area contributed by atoms with E-state index in [0.29, 0.717) is 6.42 Å². The second kappa shape index (κ2) is 3.63. The van der Waals surface area contributed by atoms with Crippen molar-refractivity contribution in [3.05, 3.63) is 0 Å².